The largest absolute Gasteiger partial charge is 0.452 e. The van der Waals surface area contributed by atoms with Gasteiger partial charge in [-0.3, -0.25) is 4.79 Å². The van der Waals surface area contributed by atoms with Gasteiger partial charge >= 0.3 is 5.97 Å². The minimum absolute atomic E-state index is 0.182. The van der Waals surface area contributed by atoms with Gasteiger partial charge in [-0.1, -0.05) is 18.2 Å². The summed E-state index contributed by atoms with van der Waals surface area (Å²) in [4.78, 5) is 25.5. The summed E-state index contributed by atoms with van der Waals surface area (Å²) in [7, 11) is 0. The first-order chi connectivity index (χ1) is 12.1. The smallest absolute Gasteiger partial charge is 0.331 e. The molecular formula is C18H15BrN2O4. The van der Waals surface area contributed by atoms with Crippen LogP contribution in [-0.4, -0.2) is 25.0 Å². The number of ether oxygens (including phenoxy) is 1. The molecule has 0 saturated carbocycles. The zero-order valence-corrected chi connectivity index (χ0v) is 14.8. The molecule has 0 aliphatic rings. The van der Waals surface area contributed by atoms with E-state index in [1.807, 2.05) is 12.1 Å². The minimum atomic E-state index is -0.658. The summed E-state index contributed by atoms with van der Waals surface area (Å²) in [5, 5.41) is 8.75. The molecule has 0 radical (unpaired) electrons. The molecule has 2 aromatic rings. The number of carbonyl (C=O) groups is 2. The van der Waals surface area contributed by atoms with Gasteiger partial charge in [0.1, 0.15) is 5.76 Å². The molecule has 0 saturated heterocycles. The fraction of sp³-hybridized carbons (Fsp3) is 0.167. The lowest BCUT2D eigenvalue weighted by Crippen LogP contribution is -2.35. The lowest BCUT2D eigenvalue weighted by molar-refractivity contribution is -0.142. The third-order valence-corrected chi connectivity index (χ3v) is 3.56. The summed E-state index contributed by atoms with van der Waals surface area (Å²) in [6.07, 6.45) is 2.81. The number of nitrogens with zero attached hydrogens (tertiary/aromatic N) is 2. The molecule has 0 aliphatic carbocycles. The normalized spacial score (nSPS) is 10.4. The molecule has 1 heterocycles. The Morgan fingerprint density at radius 2 is 2.00 bits per heavy atom. The topological polar surface area (TPSA) is 83.5 Å². The van der Waals surface area contributed by atoms with Gasteiger partial charge in [-0.05, 0) is 46.3 Å². The summed E-state index contributed by atoms with van der Waals surface area (Å²) in [6, 6.07) is 14.3. The monoisotopic (exact) mass is 402 g/mol. The maximum absolute atomic E-state index is 12.3. The van der Waals surface area contributed by atoms with E-state index in [4.69, 9.17) is 14.4 Å². The van der Waals surface area contributed by atoms with Crippen molar-refractivity contribution in [2.45, 2.75) is 6.42 Å². The first-order valence-corrected chi connectivity index (χ1v) is 8.22. The van der Waals surface area contributed by atoms with Crippen molar-refractivity contribution in [3.63, 3.8) is 0 Å². The summed E-state index contributed by atoms with van der Waals surface area (Å²) in [5.41, 5.74) is 0.648. The molecule has 0 spiro atoms. The van der Waals surface area contributed by atoms with E-state index in [1.165, 1.54) is 17.1 Å². The van der Waals surface area contributed by atoms with Crippen LogP contribution >= 0.6 is 15.9 Å². The number of para-hydroxylation sites is 1. The van der Waals surface area contributed by atoms with Crippen LogP contribution in [0.2, 0.25) is 0 Å². The lowest BCUT2D eigenvalue weighted by Gasteiger charge is -2.21. The van der Waals surface area contributed by atoms with Crippen LogP contribution in [0.1, 0.15) is 12.2 Å². The van der Waals surface area contributed by atoms with Gasteiger partial charge in [0.05, 0.1) is 12.5 Å². The highest BCUT2D eigenvalue weighted by Gasteiger charge is 2.16. The van der Waals surface area contributed by atoms with Crippen LogP contribution in [0.4, 0.5) is 5.69 Å². The second-order valence-electron chi connectivity index (χ2n) is 4.87. The van der Waals surface area contributed by atoms with Crippen LogP contribution in [-0.2, 0) is 14.3 Å². The molecule has 1 aromatic heterocycles. The predicted molar refractivity (Wildman–Crippen MR) is 95.4 cm³/mol. The Kier molecular flexibility index (Phi) is 6.99. The number of amides is 1. The zero-order valence-electron chi connectivity index (χ0n) is 13.2. The molecule has 6 nitrogen and oxygen atoms in total. The van der Waals surface area contributed by atoms with Crippen LogP contribution in [0.3, 0.4) is 0 Å². The highest BCUT2D eigenvalue weighted by atomic mass is 79.9. The average Bonchev–Trinajstić information content (AvgIpc) is 3.05. The number of carbonyl (C=O) groups excluding carboxylic acids is 2. The average molecular weight is 403 g/mol. The second kappa shape index (κ2) is 9.45. The van der Waals surface area contributed by atoms with Gasteiger partial charge in [0.2, 0.25) is 0 Å². The molecule has 128 valence electrons. The third kappa shape index (κ3) is 5.94. The molecular weight excluding hydrogens is 388 g/mol. The Bertz CT molecular complexity index is 793. The van der Waals surface area contributed by atoms with Crippen LogP contribution in [0.15, 0.2) is 57.6 Å². The van der Waals surface area contributed by atoms with Crippen molar-refractivity contribution >= 4 is 39.6 Å². The van der Waals surface area contributed by atoms with Crippen molar-refractivity contribution in [3.8, 4) is 6.07 Å². The maximum atomic E-state index is 12.3. The van der Waals surface area contributed by atoms with E-state index in [-0.39, 0.29) is 13.0 Å². The van der Waals surface area contributed by atoms with Gasteiger partial charge in [0.15, 0.2) is 11.3 Å². The van der Waals surface area contributed by atoms with Crippen LogP contribution in [0.25, 0.3) is 6.08 Å². The number of nitriles is 1. The highest BCUT2D eigenvalue weighted by molar-refractivity contribution is 9.10. The van der Waals surface area contributed by atoms with Gasteiger partial charge in [-0.15, -0.1) is 0 Å². The molecule has 0 N–H and O–H groups in total. The Morgan fingerprint density at radius 3 is 2.64 bits per heavy atom. The van der Waals surface area contributed by atoms with Crippen molar-refractivity contribution in [1.29, 1.82) is 5.26 Å². The molecule has 0 bridgehead atoms. The third-order valence-electron chi connectivity index (χ3n) is 3.13. The van der Waals surface area contributed by atoms with Gasteiger partial charge in [-0.2, -0.15) is 5.26 Å². The van der Waals surface area contributed by atoms with Crippen molar-refractivity contribution in [3.05, 3.63) is 59.0 Å². The quantitative estimate of drug-likeness (QED) is 0.522. The molecule has 7 heteroatoms. The SMILES string of the molecule is N#CCCN(C(=O)COC(=O)/C=C/c1ccc(Br)o1)c1ccccc1. The summed E-state index contributed by atoms with van der Waals surface area (Å²) in [6.45, 7) is -0.182. The van der Waals surface area contributed by atoms with Gasteiger partial charge in [0.25, 0.3) is 5.91 Å². The van der Waals surface area contributed by atoms with E-state index < -0.39 is 18.5 Å². The Labute approximate surface area is 153 Å². The number of halogens is 1. The van der Waals surface area contributed by atoms with Gasteiger partial charge in [-0.25, -0.2) is 4.79 Å². The van der Waals surface area contributed by atoms with Crippen LogP contribution < -0.4 is 4.90 Å². The number of rotatable bonds is 7. The van der Waals surface area contributed by atoms with E-state index in [2.05, 4.69) is 15.9 Å². The van der Waals surface area contributed by atoms with E-state index in [9.17, 15) is 9.59 Å². The summed E-state index contributed by atoms with van der Waals surface area (Å²) >= 11 is 3.16. The van der Waals surface area contributed by atoms with E-state index in [1.54, 1.807) is 36.4 Å². The number of furan rings is 1. The van der Waals surface area contributed by atoms with E-state index in [0.717, 1.165) is 0 Å². The van der Waals surface area contributed by atoms with Crippen molar-refractivity contribution in [1.82, 2.24) is 0 Å². The molecule has 1 aromatic carbocycles. The number of anilines is 1. The number of hydrogen-bond donors (Lipinski definition) is 0. The zero-order chi connectivity index (χ0) is 18.1. The minimum Gasteiger partial charge on any atom is -0.452 e. The molecule has 1 amide bonds. The molecule has 0 unspecified atom stereocenters. The summed E-state index contributed by atoms with van der Waals surface area (Å²) in [5.74, 6) is -0.576. The number of hydrogen-bond acceptors (Lipinski definition) is 5. The van der Waals surface area contributed by atoms with E-state index >= 15 is 0 Å². The van der Waals surface area contributed by atoms with Crippen molar-refractivity contribution in [2.24, 2.45) is 0 Å². The standard InChI is InChI=1S/C18H15BrN2O4/c19-16-9-7-15(25-16)8-10-18(23)24-13-17(22)21(12-4-11-20)14-5-2-1-3-6-14/h1-3,5-10H,4,12-13H2/b10-8+. The van der Waals surface area contributed by atoms with Gasteiger partial charge < -0.3 is 14.1 Å². The van der Waals surface area contributed by atoms with Gasteiger partial charge in [0, 0.05) is 18.3 Å². The first-order valence-electron chi connectivity index (χ1n) is 7.42. The first kappa shape index (κ1) is 18.5. The number of esters is 1. The highest BCUT2D eigenvalue weighted by Crippen LogP contribution is 2.15. The molecule has 25 heavy (non-hydrogen) atoms. The van der Waals surface area contributed by atoms with Crippen LogP contribution in [0, 0.1) is 11.3 Å². The summed E-state index contributed by atoms with van der Waals surface area (Å²) < 4.78 is 10.7. The Balaban J connectivity index is 1.92. The molecule has 0 fully saturated rings. The fourth-order valence-corrected chi connectivity index (χ4v) is 2.31. The molecule has 0 aliphatic heterocycles. The lowest BCUT2D eigenvalue weighted by atomic mass is 10.2. The Hall–Kier alpha value is -2.85. The van der Waals surface area contributed by atoms with E-state index in [0.29, 0.717) is 16.1 Å². The second-order valence-corrected chi connectivity index (χ2v) is 5.65. The number of benzene rings is 1. The van der Waals surface area contributed by atoms with Crippen molar-refractivity contribution < 1.29 is 18.7 Å². The predicted octanol–water partition coefficient (Wildman–Crippen LogP) is 3.55. The maximum Gasteiger partial charge on any atom is 0.331 e. The fourth-order valence-electron chi connectivity index (χ4n) is 1.99. The Morgan fingerprint density at radius 1 is 1.24 bits per heavy atom. The van der Waals surface area contributed by atoms with Crippen LogP contribution in [0.5, 0.6) is 0 Å². The molecule has 2 rings (SSSR count). The molecule has 0 atom stereocenters. The van der Waals surface area contributed by atoms with Crippen molar-refractivity contribution in [2.75, 3.05) is 18.1 Å².